The van der Waals surface area contributed by atoms with Crippen LogP contribution in [0.5, 0.6) is 5.75 Å². The molecule has 2 N–H and O–H groups in total. The molecule has 0 spiro atoms. The van der Waals surface area contributed by atoms with Gasteiger partial charge in [0.1, 0.15) is 5.75 Å². The molecule has 1 aromatic carbocycles. The Balaban J connectivity index is 3.28. The smallest absolute Gasteiger partial charge is 0.140 e. The van der Waals surface area contributed by atoms with Gasteiger partial charge in [-0.2, -0.15) is 0 Å². The molecular weight excluding hydrogens is 199 g/mol. The Kier molecular flexibility index (Phi) is 2.83. The first-order valence-electron chi connectivity index (χ1n) is 3.38. The lowest BCUT2D eigenvalue weighted by molar-refractivity contribution is 0.195. The molecule has 0 unspecified atom stereocenters. The quantitative estimate of drug-likeness (QED) is 0.743. The Morgan fingerprint density at radius 2 is 1.92 bits per heavy atom. The molecule has 0 saturated heterocycles. The predicted octanol–water partition coefficient (Wildman–Crippen LogP) is 2.75. The van der Waals surface area contributed by atoms with E-state index in [1.165, 1.54) is 19.1 Å². The summed E-state index contributed by atoms with van der Waals surface area (Å²) in [6, 6.07) is 2.90. The molecule has 12 heavy (non-hydrogen) atoms. The first kappa shape index (κ1) is 9.65. The van der Waals surface area contributed by atoms with Crippen molar-refractivity contribution in [2.75, 3.05) is 0 Å². The largest absolute Gasteiger partial charge is 0.506 e. The van der Waals surface area contributed by atoms with Crippen LogP contribution in [0.15, 0.2) is 12.1 Å². The Bertz CT molecular complexity index is 297. The van der Waals surface area contributed by atoms with Gasteiger partial charge in [0.15, 0.2) is 0 Å². The van der Waals surface area contributed by atoms with Crippen molar-refractivity contribution >= 4 is 23.2 Å². The predicted molar refractivity (Wildman–Crippen MR) is 48.8 cm³/mol. The van der Waals surface area contributed by atoms with E-state index in [2.05, 4.69) is 0 Å². The fourth-order valence-corrected chi connectivity index (χ4v) is 1.41. The SMILES string of the molecule is C[C@@H](O)c1cc(Cl)cc(Cl)c1O. The van der Waals surface area contributed by atoms with Gasteiger partial charge in [-0.05, 0) is 19.1 Å². The topological polar surface area (TPSA) is 40.5 Å². The van der Waals surface area contributed by atoms with E-state index in [-0.39, 0.29) is 10.8 Å². The van der Waals surface area contributed by atoms with E-state index < -0.39 is 6.10 Å². The molecule has 66 valence electrons. The Morgan fingerprint density at radius 3 is 2.42 bits per heavy atom. The van der Waals surface area contributed by atoms with Crippen LogP contribution in [0.2, 0.25) is 10.0 Å². The summed E-state index contributed by atoms with van der Waals surface area (Å²) in [6.07, 6.45) is -0.777. The minimum atomic E-state index is -0.777. The van der Waals surface area contributed by atoms with E-state index in [4.69, 9.17) is 23.2 Å². The van der Waals surface area contributed by atoms with E-state index in [1.54, 1.807) is 0 Å². The lowest BCUT2D eigenvalue weighted by Crippen LogP contribution is -1.91. The summed E-state index contributed by atoms with van der Waals surface area (Å²) >= 11 is 11.3. The number of aromatic hydroxyl groups is 1. The van der Waals surface area contributed by atoms with Gasteiger partial charge in [0.05, 0.1) is 11.1 Å². The summed E-state index contributed by atoms with van der Waals surface area (Å²) in [5, 5.41) is 19.1. The maximum atomic E-state index is 9.34. The molecule has 0 aliphatic heterocycles. The molecule has 0 heterocycles. The summed E-state index contributed by atoms with van der Waals surface area (Å²) in [5.74, 6) is -0.115. The van der Waals surface area contributed by atoms with Crippen molar-refractivity contribution in [1.29, 1.82) is 0 Å². The molecular formula is C8H8Cl2O2. The maximum Gasteiger partial charge on any atom is 0.140 e. The Morgan fingerprint density at radius 1 is 1.33 bits per heavy atom. The number of phenolic OH excluding ortho intramolecular Hbond substituents is 1. The van der Waals surface area contributed by atoms with Crippen LogP contribution < -0.4 is 0 Å². The molecule has 0 radical (unpaired) electrons. The van der Waals surface area contributed by atoms with Gasteiger partial charge in [0.2, 0.25) is 0 Å². The van der Waals surface area contributed by atoms with Gasteiger partial charge >= 0.3 is 0 Å². The van der Waals surface area contributed by atoms with E-state index in [0.717, 1.165) is 0 Å². The molecule has 1 atom stereocenters. The second-order valence-electron chi connectivity index (χ2n) is 2.50. The zero-order chi connectivity index (χ0) is 9.30. The third-order valence-electron chi connectivity index (χ3n) is 1.51. The molecule has 1 rings (SSSR count). The van der Waals surface area contributed by atoms with E-state index in [1.807, 2.05) is 0 Å². The van der Waals surface area contributed by atoms with Gasteiger partial charge in [-0.3, -0.25) is 0 Å². The van der Waals surface area contributed by atoms with Gasteiger partial charge in [-0.1, -0.05) is 23.2 Å². The molecule has 2 nitrogen and oxygen atoms in total. The highest BCUT2D eigenvalue weighted by atomic mass is 35.5. The van der Waals surface area contributed by atoms with E-state index in [9.17, 15) is 10.2 Å². The third kappa shape index (κ3) is 1.83. The highest BCUT2D eigenvalue weighted by Gasteiger charge is 2.11. The number of rotatable bonds is 1. The van der Waals surface area contributed by atoms with Crippen molar-refractivity contribution in [2.45, 2.75) is 13.0 Å². The highest BCUT2D eigenvalue weighted by Crippen LogP contribution is 2.34. The first-order valence-corrected chi connectivity index (χ1v) is 4.14. The molecule has 0 aromatic heterocycles. The summed E-state index contributed by atoms with van der Waals surface area (Å²) < 4.78 is 0. The van der Waals surface area contributed by atoms with Crippen LogP contribution in [0.25, 0.3) is 0 Å². The molecule has 0 amide bonds. The van der Waals surface area contributed by atoms with Crippen LogP contribution in [0, 0.1) is 0 Å². The monoisotopic (exact) mass is 206 g/mol. The van der Waals surface area contributed by atoms with Crippen LogP contribution in [0.1, 0.15) is 18.6 Å². The summed E-state index contributed by atoms with van der Waals surface area (Å²) in [5.41, 5.74) is 0.340. The van der Waals surface area contributed by atoms with Gasteiger partial charge in [-0.15, -0.1) is 0 Å². The van der Waals surface area contributed by atoms with Crippen LogP contribution >= 0.6 is 23.2 Å². The van der Waals surface area contributed by atoms with Crippen molar-refractivity contribution in [2.24, 2.45) is 0 Å². The number of hydrogen-bond acceptors (Lipinski definition) is 2. The van der Waals surface area contributed by atoms with Crippen molar-refractivity contribution in [3.8, 4) is 5.75 Å². The average Bonchev–Trinajstić information content (AvgIpc) is 1.96. The Hall–Kier alpha value is -0.440. The standard InChI is InChI=1S/C8H8Cl2O2/c1-4(11)6-2-5(9)3-7(10)8(6)12/h2-4,11-12H,1H3/t4-/m1/s1. The summed E-state index contributed by atoms with van der Waals surface area (Å²) in [4.78, 5) is 0. The van der Waals surface area contributed by atoms with Crippen LogP contribution in [0.3, 0.4) is 0 Å². The molecule has 0 aliphatic rings. The van der Waals surface area contributed by atoms with Crippen molar-refractivity contribution in [3.05, 3.63) is 27.7 Å². The van der Waals surface area contributed by atoms with Gasteiger partial charge in [-0.25, -0.2) is 0 Å². The second-order valence-corrected chi connectivity index (χ2v) is 3.35. The van der Waals surface area contributed by atoms with E-state index in [0.29, 0.717) is 10.6 Å². The van der Waals surface area contributed by atoms with Gasteiger partial charge in [0.25, 0.3) is 0 Å². The van der Waals surface area contributed by atoms with E-state index >= 15 is 0 Å². The zero-order valence-corrected chi connectivity index (χ0v) is 7.89. The fraction of sp³-hybridized carbons (Fsp3) is 0.250. The molecule has 0 aliphatic carbocycles. The van der Waals surface area contributed by atoms with Crippen molar-refractivity contribution < 1.29 is 10.2 Å². The van der Waals surface area contributed by atoms with Crippen molar-refractivity contribution in [1.82, 2.24) is 0 Å². The lowest BCUT2D eigenvalue weighted by atomic mass is 10.1. The minimum Gasteiger partial charge on any atom is -0.506 e. The summed E-state index contributed by atoms with van der Waals surface area (Å²) in [7, 11) is 0. The zero-order valence-electron chi connectivity index (χ0n) is 6.38. The van der Waals surface area contributed by atoms with Crippen LogP contribution in [-0.2, 0) is 0 Å². The molecule has 1 aromatic rings. The number of aliphatic hydroxyl groups excluding tert-OH is 1. The molecule has 0 saturated carbocycles. The fourth-order valence-electron chi connectivity index (χ4n) is 0.904. The minimum absolute atomic E-state index is 0.115. The highest BCUT2D eigenvalue weighted by molar-refractivity contribution is 6.35. The van der Waals surface area contributed by atoms with Crippen LogP contribution in [-0.4, -0.2) is 10.2 Å². The number of halogens is 2. The summed E-state index contributed by atoms with van der Waals surface area (Å²) in [6.45, 7) is 1.53. The first-order chi connectivity index (χ1) is 5.52. The lowest BCUT2D eigenvalue weighted by Gasteiger charge is -2.08. The third-order valence-corrected chi connectivity index (χ3v) is 2.01. The number of hydrogen-bond donors (Lipinski definition) is 2. The second kappa shape index (κ2) is 3.52. The molecule has 0 bridgehead atoms. The average molecular weight is 207 g/mol. The number of benzene rings is 1. The maximum absolute atomic E-state index is 9.34. The Labute approximate surface area is 80.4 Å². The van der Waals surface area contributed by atoms with Gasteiger partial charge < -0.3 is 10.2 Å². The number of aliphatic hydroxyl groups is 1. The van der Waals surface area contributed by atoms with Gasteiger partial charge in [0, 0.05) is 10.6 Å². The van der Waals surface area contributed by atoms with Crippen LogP contribution in [0.4, 0.5) is 0 Å². The normalized spacial score (nSPS) is 13.0. The van der Waals surface area contributed by atoms with Crippen molar-refractivity contribution in [3.63, 3.8) is 0 Å². The number of phenols is 1. The molecule has 4 heteroatoms. The molecule has 0 fully saturated rings.